The number of ether oxygens (including phenoxy) is 3. The number of esters is 3. The Bertz CT molecular complexity index is 584. The smallest absolute Gasteiger partial charge is 0.338 e. The Kier molecular flexibility index (Phi) is 7.21. The molecule has 0 aliphatic rings. The first-order valence-corrected chi connectivity index (χ1v) is 7.25. The molecule has 0 aliphatic heterocycles. The van der Waals surface area contributed by atoms with Gasteiger partial charge in [-0.2, -0.15) is 0 Å². The molecule has 1 aromatic carbocycles. The van der Waals surface area contributed by atoms with Crippen LogP contribution in [0.2, 0.25) is 0 Å². The quantitative estimate of drug-likeness (QED) is 0.591. The van der Waals surface area contributed by atoms with Crippen LogP contribution in [0.3, 0.4) is 0 Å². The van der Waals surface area contributed by atoms with Crippen LogP contribution in [0.15, 0.2) is 18.2 Å². The van der Waals surface area contributed by atoms with E-state index >= 15 is 0 Å². The van der Waals surface area contributed by atoms with Gasteiger partial charge in [-0.25, -0.2) is 9.59 Å². The van der Waals surface area contributed by atoms with E-state index in [9.17, 15) is 14.4 Å². The Morgan fingerprint density at radius 3 is 2.26 bits per heavy atom. The Morgan fingerprint density at radius 2 is 1.70 bits per heavy atom. The van der Waals surface area contributed by atoms with E-state index in [0.717, 1.165) is 0 Å². The highest BCUT2D eigenvalue weighted by atomic mass is 16.5. The second-order valence-electron chi connectivity index (χ2n) is 4.65. The summed E-state index contributed by atoms with van der Waals surface area (Å²) in [5.74, 6) is -1.72. The topological polar surface area (TPSA) is 105 Å². The maximum atomic E-state index is 12.1. The van der Waals surface area contributed by atoms with Crippen molar-refractivity contribution in [3.05, 3.63) is 34.9 Å². The molecule has 0 saturated carbocycles. The first kappa shape index (κ1) is 18.6. The molecule has 7 nitrogen and oxygen atoms in total. The number of nitrogens with two attached hydrogens (primary N) is 1. The zero-order chi connectivity index (χ0) is 17.4. The lowest BCUT2D eigenvalue weighted by Crippen LogP contribution is -2.34. The average Bonchev–Trinajstić information content (AvgIpc) is 2.54. The molecule has 0 radical (unpaired) electrons. The molecule has 126 valence electrons. The number of carbonyl (C=O) groups is 3. The lowest BCUT2D eigenvalue weighted by atomic mass is 9.98. The van der Waals surface area contributed by atoms with Crippen molar-refractivity contribution in [1.29, 1.82) is 0 Å². The van der Waals surface area contributed by atoms with Crippen LogP contribution in [0.4, 0.5) is 0 Å². The molecule has 1 rings (SSSR count). The number of methoxy groups -OCH3 is 1. The van der Waals surface area contributed by atoms with Crippen LogP contribution in [-0.2, 0) is 25.4 Å². The van der Waals surface area contributed by atoms with Gasteiger partial charge >= 0.3 is 17.9 Å². The van der Waals surface area contributed by atoms with E-state index < -0.39 is 23.9 Å². The van der Waals surface area contributed by atoms with Crippen LogP contribution in [0, 0.1) is 0 Å². The monoisotopic (exact) mass is 323 g/mol. The van der Waals surface area contributed by atoms with Crippen molar-refractivity contribution in [1.82, 2.24) is 0 Å². The zero-order valence-electron chi connectivity index (χ0n) is 13.5. The van der Waals surface area contributed by atoms with E-state index in [2.05, 4.69) is 4.74 Å². The van der Waals surface area contributed by atoms with Gasteiger partial charge in [0.1, 0.15) is 6.04 Å². The van der Waals surface area contributed by atoms with Crippen molar-refractivity contribution in [2.24, 2.45) is 5.73 Å². The van der Waals surface area contributed by atoms with Gasteiger partial charge in [-0.3, -0.25) is 4.79 Å². The molecular formula is C16H21NO6. The van der Waals surface area contributed by atoms with Crippen molar-refractivity contribution in [2.45, 2.75) is 26.3 Å². The molecule has 0 fully saturated rings. The minimum atomic E-state index is -0.915. The zero-order valence-corrected chi connectivity index (χ0v) is 13.5. The molecule has 7 heteroatoms. The number of carbonyl (C=O) groups excluding carboxylic acids is 3. The third-order valence-corrected chi connectivity index (χ3v) is 3.06. The third kappa shape index (κ3) is 5.07. The molecule has 0 aliphatic carbocycles. The first-order valence-electron chi connectivity index (χ1n) is 7.25. The fourth-order valence-corrected chi connectivity index (χ4v) is 1.97. The third-order valence-electron chi connectivity index (χ3n) is 3.06. The summed E-state index contributed by atoms with van der Waals surface area (Å²) in [6.45, 7) is 3.77. The summed E-state index contributed by atoms with van der Waals surface area (Å²) in [4.78, 5) is 35.3. The highest BCUT2D eigenvalue weighted by Crippen LogP contribution is 2.17. The molecule has 0 aromatic heterocycles. The Balaban J connectivity index is 3.15. The fourth-order valence-electron chi connectivity index (χ4n) is 1.97. The molecule has 1 unspecified atom stereocenters. The van der Waals surface area contributed by atoms with E-state index in [1.165, 1.54) is 19.2 Å². The molecule has 1 aromatic rings. The van der Waals surface area contributed by atoms with Gasteiger partial charge < -0.3 is 19.9 Å². The summed E-state index contributed by atoms with van der Waals surface area (Å²) < 4.78 is 14.5. The van der Waals surface area contributed by atoms with Crippen molar-refractivity contribution >= 4 is 17.9 Å². The van der Waals surface area contributed by atoms with E-state index in [-0.39, 0.29) is 30.8 Å². The number of hydrogen-bond acceptors (Lipinski definition) is 7. The summed E-state index contributed by atoms with van der Waals surface area (Å²) in [6.07, 6.45) is 0.0872. The van der Waals surface area contributed by atoms with E-state index in [1.54, 1.807) is 19.9 Å². The van der Waals surface area contributed by atoms with Crippen LogP contribution in [0.25, 0.3) is 0 Å². The molecule has 2 N–H and O–H groups in total. The van der Waals surface area contributed by atoms with E-state index in [1.807, 2.05) is 0 Å². The van der Waals surface area contributed by atoms with Crippen molar-refractivity contribution in [3.63, 3.8) is 0 Å². The van der Waals surface area contributed by atoms with Gasteiger partial charge in [0.05, 0.1) is 31.5 Å². The van der Waals surface area contributed by atoms with E-state index in [4.69, 9.17) is 15.2 Å². The predicted molar refractivity (Wildman–Crippen MR) is 82.1 cm³/mol. The standard InChI is InChI=1S/C16H21NO6/c1-4-22-14(18)11-7-6-10(9-13(17)16(20)21-3)12(8-11)15(19)23-5-2/h6-8,13H,4-5,9,17H2,1-3H3. The van der Waals surface area contributed by atoms with Gasteiger partial charge in [0.15, 0.2) is 0 Å². The van der Waals surface area contributed by atoms with Gasteiger partial charge in [-0.05, 0) is 38.0 Å². The minimum Gasteiger partial charge on any atom is -0.468 e. The van der Waals surface area contributed by atoms with E-state index in [0.29, 0.717) is 5.56 Å². The van der Waals surface area contributed by atoms with Crippen LogP contribution in [0.5, 0.6) is 0 Å². The maximum absolute atomic E-state index is 12.1. The maximum Gasteiger partial charge on any atom is 0.338 e. The van der Waals surface area contributed by atoms with Crippen molar-refractivity contribution < 1.29 is 28.6 Å². The molecule has 0 heterocycles. The Morgan fingerprint density at radius 1 is 1.09 bits per heavy atom. The van der Waals surface area contributed by atoms with Gasteiger partial charge in [0.2, 0.25) is 0 Å². The van der Waals surface area contributed by atoms with Gasteiger partial charge in [0, 0.05) is 0 Å². The molecule has 0 bridgehead atoms. The van der Waals surface area contributed by atoms with Gasteiger partial charge in [-0.15, -0.1) is 0 Å². The molecule has 0 saturated heterocycles. The van der Waals surface area contributed by atoms with Crippen LogP contribution < -0.4 is 5.73 Å². The molecular weight excluding hydrogens is 302 g/mol. The number of rotatable bonds is 7. The van der Waals surface area contributed by atoms with Gasteiger partial charge in [0.25, 0.3) is 0 Å². The van der Waals surface area contributed by atoms with Crippen molar-refractivity contribution in [3.8, 4) is 0 Å². The SMILES string of the molecule is CCOC(=O)c1ccc(CC(N)C(=O)OC)c(C(=O)OCC)c1. The second kappa shape index (κ2) is 8.89. The highest BCUT2D eigenvalue weighted by Gasteiger charge is 2.21. The molecule has 1 atom stereocenters. The second-order valence-corrected chi connectivity index (χ2v) is 4.65. The van der Waals surface area contributed by atoms with Crippen molar-refractivity contribution in [2.75, 3.05) is 20.3 Å². The van der Waals surface area contributed by atoms with Crippen LogP contribution in [0.1, 0.15) is 40.1 Å². The summed E-state index contributed by atoms with van der Waals surface area (Å²) >= 11 is 0. The Labute approximate surface area is 134 Å². The molecule has 0 amide bonds. The lowest BCUT2D eigenvalue weighted by Gasteiger charge is -2.14. The highest BCUT2D eigenvalue weighted by molar-refractivity contribution is 5.96. The minimum absolute atomic E-state index is 0.0872. The lowest BCUT2D eigenvalue weighted by molar-refractivity contribution is -0.142. The molecule has 23 heavy (non-hydrogen) atoms. The normalized spacial score (nSPS) is 11.5. The summed E-state index contributed by atoms with van der Waals surface area (Å²) in [7, 11) is 1.23. The Hall–Kier alpha value is -2.41. The van der Waals surface area contributed by atoms with Gasteiger partial charge in [-0.1, -0.05) is 6.07 Å². The van der Waals surface area contributed by atoms with Crippen LogP contribution in [-0.4, -0.2) is 44.3 Å². The summed E-state index contributed by atoms with van der Waals surface area (Å²) in [5.41, 5.74) is 6.63. The predicted octanol–water partition coefficient (Wildman–Crippen LogP) is 1.08. The summed E-state index contributed by atoms with van der Waals surface area (Å²) in [5, 5.41) is 0. The number of hydrogen-bond donors (Lipinski definition) is 1. The summed E-state index contributed by atoms with van der Waals surface area (Å²) in [6, 6.07) is 3.54. The van der Waals surface area contributed by atoms with Crippen LogP contribution >= 0.6 is 0 Å². The average molecular weight is 323 g/mol. The number of benzene rings is 1. The fraction of sp³-hybridized carbons (Fsp3) is 0.438. The first-order chi connectivity index (χ1) is 10.9. The molecule has 0 spiro atoms. The largest absolute Gasteiger partial charge is 0.468 e.